The number of hydrogen-bond acceptors (Lipinski definition) is 4. The summed E-state index contributed by atoms with van der Waals surface area (Å²) >= 11 is 3.65. The average molecular weight is 210 g/mol. The topological polar surface area (TPSA) is 16.1 Å². The fourth-order valence-corrected chi connectivity index (χ4v) is 3.45. The molecule has 0 spiro atoms. The third-order valence-electron chi connectivity index (χ3n) is 2.38. The van der Waals surface area contributed by atoms with Crippen LogP contribution in [0.2, 0.25) is 0 Å². The number of thioether (sulfide) groups is 1. The molecule has 68 valence electrons. The smallest absolute Gasteiger partial charge is 0.190 e. The molecule has 0 saturated heterocycles. The Bertz CT molecular complexity index is 316. The first-order chi connectivity index (χ1) is 6.45. The van der Waals surface area contributed by atoms with Crippen molar-refractivity contribution in [3.8, 4) is 0 Å². The molecule has 2 aliphatic rings. The van der Waals surface area contributed by atoms with E-state index in [-0.39, 0.29) is 0 Å². The molecule has 1 aliphatic carbocycles. The van der Waals surface area contributed by atoms with Crippen LogP contribution in [0.1, 0.15) is 12.8 Å². The van der Waals surface area contributed by atoms with E-state index in [1.165, 1.54) is 12.8 Å². The van der Waals surface area contributed by atoms with Crippen LogP contribution in [0.5, 0.6) is 0 Å². The van der Waals surface area contributed by atoms with Crippen molar-refractivity contribution in [2.45, 2.75) is 18.2 Å². The maximum absolute atomic E-state index is 4.34. The van der Waals surface area contributed by atoms with E-state index in [1.807, 2.05) is 23.3 Å². The summed E-state index contributed by atoms with van der Waals surface area (Å²) < 4.78 is 0. The fraction of sp³-hybridized carbons (Fsp3) is 0.444. The van der Waals surface area contributed by atoms with Crippen molar-refractivity contribution in [1.29, 1.82) is 0 Å². The van der Waals surface area contributed by atoms with Gasteiger partial charge in [-0.25, -0.2) is 4.98 Å². The second-order valence-electron chi connectivity index (χ2n) is 3.37. The normalized spacial score (nSPS) is 27.1. The van der Waals surface area contributed by atoms with Crippen molar-refractivity contribution in [3.05, 3.63) is 23.2 Å². The van der Waals surface area contributed by atoms with E-state index in [1.54, 1.807) is 11.3 Å². The lowest BCUT2D eigenvalue weighted by Gasteiger charge is -2.21. The van der Waals surface area contributed by atoms with Crippen LogP contribution in [-0.2, 0) is 0 Å². The highest BCUT2D eigenvalue weighted by Crippen LogP contribution is 2.45. The Morgan fingerprint density at radius 2 is 2.38 bits per heavy atom. The van der Waals surface area contributed by atoms with Gasteiger partial charge in [0, 0.05) is 17.8 Å². The molecule has 1 aromatic rings. The molecule has 13 heavy (non-hydrogen) atoms. The van der Waals surface area contributed by atoms with Crippen molar-refractivity contribution in [2.75, 3.05) is 4.90 Å². The molecule has 1 unspecified atom stereocenters. The summed E-state index contributed by atoms with van der Waals surface area (Å²) in [6, 6.07) is 0. The molecule has 0 N–H and O–H groups in total. The van der Waals surface area contributed by atoms with Crippen LogP contribution < -0.4 is 4.90 Å². The molecule has 2 heterocycles. The minimum Gasteiger partial charge on any atom is -0.311 e. The van der Waals surface area contributed by atoms with E-state index in [0.29, 0.717) is 5.37 Å². The van der Waals surface area contributed by atoms with E-state index >= 15 is 0 Å². The van der Waals surface area contributed by atoms with Gasteiger partial charge in [0.05, 0.1) is 5.37 Å². The summed E-state index contributed by atoms with van der Waals surface area (Å²) in [7, 11) is 0. The Labute approximate surface area is 85.7 Å². The molecule has 0 radical (unpaired) electrons. The Kier molecular flexibility index (Phi) is 1.84. The predicted molar refractivity (Wildman–Crippen MR) is 57.8 cm³/mol. The quantitative estimate of drug-likeness (QED) is 0.746. The van der Waals surface area contributed by atoms with Gasteiger partial charge < -0.3 is 4.90 Å². The van der Waals surface area contributed by atoms with Crippen LogP contribution in [0.15, 0.2) is 23.2 Å². The third-order valence-corrected chi connectivity index (χ3v) is 4.33. The number of anilines is 1. The first-order valence-electron chi connectivity index (χ1n) is 4.45. The molecule has 0 bridgehead atoms. The number of rotatable bonds is 2. The van der Waals surface area contributed by atoms with E-state index < -0.39 is 0 Å². The van der Waals surface area contributed by atoms with Gasteiger partial charge in [0.1, 0.15) is 0 Å². The van der Waals surface area contributed by atoms with Gasteiger partial charge in [-0.2, -0.15) is 0 Å². The van der Waals surface area contributed by atoms with Gasteiger partial charge in [-0.15, -0.1) is 23.1 Å². The fourth-order valence-electron chi connectivity index (χ4n) is 1.57. The van der Waals surface area contributed by atoms with Gasteiger partial charge >= 0.3 is 0 Å². The highest BCUT2D eigenvalue weighted by Gasteiger charge is 2.37. The average Bonchev–Trinajstić information content (AvgIpc) is 2.72. The third kappa shape index (κ3) is 1.38. The van der Waals surface area contributed by atoms with Crippen molar-refractivity contribution in [2.24, 2.45) is 5.92 Å². The van der Waals surface area contributed by atoms with Crippen molar-refractivity contribution in [3.63, 3.8) is 0 Å². The van der Waals surface area contributed by atoms with E-state index in [2.05, 4.69) is 21.5 Å². The Morgan fingerprint density at radius 3 is 3.08 bits per heavy atom. The van der Waals surface area contributed by atoms with E-state index in [9.17, 15) is 0 Å². The Morgan fingerprint density at radius 1 is 1.46 bits per heavy atom. The lowest BCUT2D eigenvalue weighted by atomic mass is 10.4. The molecular weight excluding hydrogens is 200 g/mol. The molecule has 1 saturated carbocycles. The first kappa shape index (κ1) is 7.88. The van der Waals surface area contributed by atoms with Crippen LogP contribution in [0.3, 0.4) is 0 Å². The van der Waals surface area contributed by atoms with Crippen LogP contribution in [0, 0.1) is 5.92 Å². The molecule has 1 aromatic heterocycles. The van der Waals surface area contributed by atoms with Crippen LogP contribution >= 0.6 is 23.1 Å². The van der Waals surface area contributed by atoms with Crippen LogP contribution in [0.4, 0.5) is 5.13 Å². The summed E-state index contributed by atoms with van der Waals surface area (Å²) in [5.74, 6) is 0.892. The largest absolute Gasteiger partial charge is 0.311 e. The lowest BCUT2D eigenvalue weighted by Crippen LogP contribution is -2.25. The van der Waals surface area contributed by atoms with Gasteiger partial charge in [0.2, 0.25) is 0 Å². The molecule has 3 rings (SSSR count). The molecule has 1 fully saturated rings. The number of aromatic nitrogens is 1. The van der Waals surface area contributed by atoms with Crippen LogP contribution in [0.25, 0.3) is 0 Å². The van der Waals surface area contributed by atoms with Gasteiger partial charge in [-0.05, 0) is 24.2 Å². The zero-order chi connectivity index (χ0) is 8.67. The summed E-state index contributed by atoms with van der Waals surface area (Å²) in [4.78, 5) is 6.65. The standard InChI is InChI=1S/C9H10N2S2/c1-2-7(1)8-11(4-6-12-8)9-10-3-5-13-9/h3-8H,1-2H2. The minimum absolute atomic E-state index is 0.631. The maximum atomic E-state index is 4.34. The second-order valence-corrected chi connectivity index (χ2v) is 5.27. The molecule has 4 heteroatoms. The first-order valence-corrected chi connectivity index (χ1v) is 6.27. The van der Waals surface area contributed by atoms with Crippen LogP contribution in [-0.4, -0.2) is 10.4 Å². The zero-order valence-corrected chi connectivity index (χ0v) is 8.72. The van der Waals surface area contributed by atoms with Crippen molar-refractivity contribution < 1.29 is 0 Å². The van der Waals surface area contributed by atoms with E-state index in [0.717, 1.165) is 11.0 Å². The van der Waals surface area contributed by atoms with Crippen molar-refractivity contribution >= 4 is 28.2 Å². The van der Waals surface area contributed by atoms with Gasteiger partial charge in [0.25, 0.3) is 0 Å². The molecule has 2 nitrogen and oxygen atoms in total. The van der Waals surface area contributed by atoms with E-state index in [4.69, 9.17) is 0 Å². The molecule has 0 amide bonds. The number of thiazole rings is 1. The molecular formula is C9H10N2S2. The highest BCUT2D eigenvalue weighted by atomic mass is 32.2. The number of hydrogen-bond donors (Lipinski definition) is 0. The summed E-state index contributed by atoms with van der Waals surface area (Å²) in [5.41, 5.74) is 0. The SMILES string of the molecule is C1=CN(c2nccs2)C(C2CC2)S1. The van der Waals surface area contributed by atoms with Gasteiger partial charge in [-0.1, -0.05) is 0 Å². The Hall–Kier alpha value is -0.480. The van der Waals surface area contributed by atoms with Gasteiger partial charge in [-0.3, -0.25) is 0 Å². The maximum Gasteiger partial charge on any atom is 0.190 e. The van der Waals surface area contributed by atoms with Crippen molar-refractivity contribution in [1.82, 2.24) is 4.98 Å². The summed E-state index contributed by atoms with van der Waals surface area (Å²) in [6.07, 6.45) is 6.82. The molecule has 1 aliphatic heterocycles. The molecule has 1 atom stereocenters. The zero-order valence-electron chi connectivity index (χ0n) is 7.09. The summed E-state index contributed by atoms with van der Waals surface area (Å²) in [6.45, 7) is 0. The monoisotopic (exact) mass is 210 g/mol. The predicted octanol–water partition coefficient (Wildman–Crippen LogP) is 2.90. The Balaban J connectivity index is 1.85. The lowest BCUT2D eigenvalue weighted by molar-refractivity contribution is 0.762. The molecule has 0 aromatic carbocycles. The minimum atomic E-state index is 0.631. The summed E-state index contributed by atoms with van der Waals surface area (Å²) in [5, 5.41) is 5.99. The highest BCUT2D eigenvalue weighted by molar-refractivity contribution is 8.03. The van der Waals surface area contributed by atoms with Gasteiger partial charge in [0.15, 0.2) is 5.13 Å². The second kappa shape index (κ2) is 3.03. The number of nitrogens with zero attached hydrogens (tertiary/aromatic N) is 2.